The van der Waals surface area contributed by atoms with E-state index < -0.39 is 21.5 Å². The second kappa shape index (κ2) is 12.5. The Hall–Kier alpha value is -3.27. The van der Waals surface area contributed by atoms with Crippen molar-refractivity contribution in [1.29, 1.82) is 0 Å². The van der Waals surface area contributed by atoms with Crippen molar-refractivity contribution in [1.82, 2.24) is 4.72 Å². The fourth-order valence-electron chi connectivity index (χ4n) is 4.53. The number of nitrogens with zero attached hydrogens (tertiary/aromatic N) is 2. The molecule has 10 heteroatoms. The lowest BCUT2D eigenvalue weighted by atomic mass is 9.95. The molecule has 214 valence electrons. The molecule has 1 amide bonds. The fourth-order valence-corrected chi connectivity index (χ4v) is 6.14. The molecule has 0 radical (unpaired) electrons. The topological polar surface area (TPSA) is 91.0 Å². The molecular weight excluding hydrogens is 548 g/mol. The van der Waals surface area contributed by atoms with E-state index in [1.54, 1.807) is 33.1 Å². The maximum atomic E-state index is 13.8. The molecule has 1 aliphatic rings. The van der Waals surface area contributed by atoms with E-state index in [-0.39, 0.29) is 16.7 Å². The number of hydrogen-bond donors (Lipinski definition) is 2. The van der Waals surface area contributed by atoms with E-state index in [0.29, 0.717) is 24.5 Å². The molecule has 3 aromatic rings. The number of carbonyl (C=O) groups is 1. The van der Waals surface area contributed by atoms with Crippen LogP contribution in [0.4, 0.5) is 17.1 Å². The van der Waals surface area contributed by atoms with Crippen molar-refractivity contribution < 1.29 is 17.9 Å². The number of rotatable bonds is 10. The summed E-state index contributed by atoms with van der Waals surface area (Å²) >= 11 is 5.99. The van der Waals surface area contributed by atoms with E-state index in [2.05, 4.69) is 19.8 Å². The number of halogens is 1. The van der Waals surface area contributed by atoms with Crippen LogP contribution in [0.25, 0.3) is 0 Å². The van der Waals surface area contributed by atoms with Crippen LogP contribution in [0, 0.1) is 5.41 Å². The summed E-state index contributed by atoms with van der Waals surface area (Å²) in [5, 5.41) is 2.85. The van der Waals surface area contributed by atoms with Crippen molar-refractivity contribution in [3.8, 4) is 5.75 Å². The third-order valence-electron chi connectivity index (χ3n) is 7.15. The van der Waals surface area contributed by atoms with Gasteiger partial charge in [0.25, 0.3) is 0 Å². The quantitative estimate of drug-likeness (QED) is 0.316. The Morgan fingerprint density at radius 2 is 1.60 bits per heavy atom. The van der Waals surface area contributed by atoms with E-state index in [1.165, 1.54) is 6.07 Å². The van der Waals surface area contributed by atoms with Crippen molar-refractivity contribution in [3.05, 3.63) is 78.4 Å². The number of nitrogens with one attached hydrogen (secondary N) is 2. The number of methoxy groups -OCH3 is 1. The van der Waals surface area contributed by atoms with E-state index in [0.717, 1.165) is 30.1 Å². The van der Waals surface area contributed by atoms with Crippen LogP contribution >= 0.6 is 11.6 Å². The highest BCUT2D eigenvalue weighted by Crippen LogP contribution is 2.32. The number of carbonyl (C=O) groups excluding carboxylic acids is 1. The monoisotopic (exact) mass is 584 g/mol. The van der Waals surface area contributed by atoms with Crippen LogP contribution in [0.15, 0.2) is 77.7 Å². The Labute approximate surface area is 242 Å². The van der Waals surface area contributed by atoms with Crippen LogP contribution < -0.4 is 24.6 Å². The summed E-state index contributed by atoms with van der Waals surface area (Å²) in [5.41, 5.74) is 2.13. The molecule has 40 heavy (non-hydrogen) atoms. The summed E-state index contributed by atoms with van der Waals surface area (Å²) in [5.74, 6) is 0.657. The van der Waals surface area contributed by atoms with E-state index in [1.807, 2.05) is 61.5 Å². The van der Waals surface area contributed by atoms with Gasteiger partial charge in [-0.1, -0.05) is 30.3 Å². The van der Waals surface area contributed by atoms with Crippen LogP contribution in [-0.4, -0.2) is 53.5 Å². The Kier molecular flexibility index (Phi) is 9.28. The number of piperazine rings is 1. The first kappa shape index (κ1) is 29.7. The van der Waals surface area contributed by atoms with E-state index in [4.69, 9.17) is 16.3 Å². The standard InChI is InChI=1S/C30H37ClN4O4S/c1-22(23-8-6-5-7-9-23)33-40(37,38)28-20-24(32-29(36)30(2,3)21-31)10-15-27(28)35-18-16-34(17-19-35)25-11-13-26(39-4)14-12-25/h5-15,20,22,33H,16-19,21H2,1-4H3,(H,32,36)/t22-/m0/s1. The van der Waals surface area contributed by atoms with E-state index in [9.17, 15) is 13.2 Å². The summed E-state index contributed by atoms with van der Waals surface area (Å²) in [6.07, 6.45) is 0. The van der Waals surface area contributed by atoms with Crippen LogP contribution in [0.1, 0.15) is 32.4 Å². The normalized spacial score (nSPS) is 15.0. The summed E-state index contributed by atoms with van der Waals surface area (Å²) in [4.78, 5) is 17.3. The number of anilines is 3. The zero-order valence-electron chi connectivity index (χ0n) is 23.4. The molecule has 0 aromatic heterocycles. The molecule has 1 atom stereocenters. The van der Waals surface area contributed by atoms with Gasteiger partial charge in [0.15, 0.2) is 0 Å². The summed E-state index contributed by atoms with van der Waals surface area (Å²) < 4.78 is 35.7. The van der Waals surface area contributed by atoms with Crippen LogP contribution in [-0.2, 0) is 14.8 Å². The highest BCUT2D eigenvalue weighted by molar-refractivity contribution is 7.89. The lowest BCUT2D eigenvalue weighted by molar-refractivity contribution is -0.122. The first-order chi connectivity index (χ1) is 19.0. The van der Waals surface area contributed by atoms with Gasteiger partial charge in [-0.05, 0) is 68.8 Å². The van der Waals surface area contributed by atoms with Gasteiger partial charge in [0, 0.05) is 49.5 Å². The lowest BCUT2D eigenvalue weighted by Gasteiger charge is -2.38. The molecule has 0 saturated carbocycles. The van der Waals surface area contributed by atoms with Crippen LogP contribution in [0.3, 0.4) is 0 Å². The largest absolute Gasteiger partial charge is 0.497 e. The first-order valence-corrected chi connectivity index (χ1v) is 15.3. The van der Waals surface area contributed by atoms with Gasteiger partial charge in [0.05, 0.1) is 18.2 Å². The molecule has 0 unspecified atom stereocenters. The third-order valence-corrected chi connectivity index (χ3v) is 9.38. The number of alkyl halides is 1. The van der Waals surface area contributed by atoms with Crippen molar-refractivity contribution in [2.45, 2.75) is 31.7 Å². The van der Waals surface area contributed by atoms with Gasteiger partial charge in [0.2, 0.25) is 15.9 Å². The fraction of sp³-hybridized carbons (Fsp3) is 0.367. The first-order valence-electron chi connectivity index (χ1n) is 13.3. The number of sulfonamides is 1. The second-order valence-electron chi connectivity index (χ2n) is 10.6. The molecule has 1 saturated heterocycles. The van der Waals surface area contributed by atoms with Crippen LogP contribution in [0.5, 0.6) is 5.75 Å². The van der Waals surface area contributed by atoms with Crippen molar-refractivity contribution >= 4 is 44.6 Å². The zero-order valence-corrected chi connectivity index (χ0v) is 24.9. The molecular formula is C30H37ClN4O4S. The van der Waals surface area contributed by atoms with Gasteiger partial charge in [-0.2, -0.15) is 0 Å². The van der Waals surface area contributed by atoms with Crippen molar-refractivity contribution in [3.63, 3.8) is 0 Å². The van der Waals surface area contributed by atoms with Crippen molar-refractivity contribution in [2.24, 2.45) is 5.41 Å². The Morgan fingerprint density at radius 3 is 2.20 bits per heavy atom. The van der Waals surface area contributed by atoms with Crippen molar-refractivity contribution in [2.75, 3.05) is 54.3 Å². The molecule has 2 N–H and O–H groups in total. The minimum atomic E-state index is -3.96. The molecule has 0 spiro atoms. The predicted octanol–water partition coefficient (Wildman–Crippen LogP) is 5.26. The summed E-state index contributed by atoms with van der Waals surface area (Å²) in [6, 6.07) is 21.9. The van der Waals surface area contributed by atoms with Gasteiger partial charge >= 0.3 is 0 Å². The minimum Gasteiger partial charge on any atom is -0.497 e. The molecule has 3 aromatic carbocycles. The maximum Gasteiger partial charge on any atom is 0.243 e. The number of amides is 1. The summed E-state index contributed by atoms with van der Waals surface area (Å²) in [6.45, 7) is 8.01. The molecule has 4 rings (SSSR count). The average Bonchev–Trinajstić information content (AvgIpc) is 2.97. The SMILES string of the molecule is COc1ccc(N2CCN(c3ccc(NC(=O)C(C)(C)CCl)cc3S(=O)(=O)N[C@@H](C)c3ccccc3)CC2)cc1. The number of benzene rings is 3. The second-order valence-corrected chi connectivity index (χ2v) is 12.5. The van der Waals surface area contributed by atoms with E-state index >= 15 is 0 Å². The van der Waals surface area contributed by atoms with Crippen LogP contribution in [0.2, 0.25) is 0 Å². The third kappa shape index (κ3) is 6.89. The van der Waals surface area contributed by atoms with Gasteiger partial charge < -0.3 is 19.9 Å². The lowest BCUT2D eigenvalue weighted by Crippen LogP contribution is -2.47. The zero-order chi connectivity index (χ0) is 28.9. The minimum absolute atomic E-state index is 0.120. The molecule has 0 aliphatic carbocycles. The van der Waals surface area contributed by atoms with Gasteiger partial charge in [-0.15, -0.1) is 11.6 Å². The van der Waals surface area contributed by atoms with Gasteiger partial charge in [-0.25, -0.2) is 13.1 Å². The number of hydrogen-bond acceptors (Lipinski definition) is 6. The van der Waals surface area contributed by atoms with Gasteiger partial charge in [-0.3, -0.25) is 4.79 Å². The molecule has 1 fully saturated rings. The Balaban J connectivity index is 1.61. The smallest absolute Gasteiger partial charge is 0.243 e. The van der Waals surface area contributed by atoms with Gasteiger partial charge in [0.1, 0.15) is 10.6 Å². The highest BCUT2D eigenvalue weighted by atomic mass is 35.5. The Bertz CT molecular complexity index is 1410. The summed E-state index contributed by atoms with van der Waals surface area (Å²) in [7, 11) is -2.31. The molecule has 1 aliphatic heterocycles. The number of ether oxygens (including phenoxy) is 1. The maximum absolute atomic E-state index is 13.8. The molecule has 1 heterocycles. The highest BCUT2D eigenvalue weighted by Gasteiger charge is 2.30. The predicted molar refractivity (Wildman–Crippen MR) is 162 cm³/mol. The molecule has 8 nitrogen and oxygen atoms in total. The average molecular weight is 585 g/mol. The Morgan fingerprint density at radius 1 is 0.975 bits per heavy atom. The molecule has 0 bridgehead atoms.